The molecule has 0 saturated carbocycles. The summed E-state index contributed by atoms with van der Waals surface area (Å²) >= 11 is 0. The van der Waals surface area contributed by atoms with E-state index >= 15 is 0 Å². The Morgan fingerprint density at radius 2 is 1.85 bits per heavy atom. The smallest absolute Gasteiger partial charge is 0.282 e. The standard InChI is InChI=1S/C8H10O3SSi/c9-12(10,11)8(13)6-7-4-2-1-3-5-7/h1-6H,13H3,(H,9,10,11). The number of rotatable bonds is 2. The van der Waals surface area contributed by atoms with Crippen molar-refractivity contribution < 1.29 is 13.0 Å². The van der Waals surface area contributed by atoms with Crippen molar-refractivity contribution in [3.8, 4) is 0 Å². The molecule has 0 bridgehead atoms. The van der Waals surface area contributed by atoms with Gasteiger partial charge in [-0.1, -0.05) is 30.3 Å². The van der Waals surface area contributed by atoms with Crippen molar-refractivity contribution >= 4 is 26.4 Å². The highest BCUT2D eigenvalue weighted by molar-refractivity contribution is 7.91. The number of benzene rings is 1. The highest BCUT2D eigenvalue weighted by atomic mass is 32.2. The lowest BCUT2D eigenvalue weighted by molar-refractivity contribution is 0.493. The second-order valence-electron chi connectivity index (χ2n) is 2.64. The number of hydrogen-bond donors (Lipinski definition) is 1. The molecule has 3 nitrogen and oxygen atoms in total. The summed E-state index contributed by atoms with van der Waals surface area (Å²) in [4.78, 5) is 0. The fraction of sp³-hybridized carbons (Fsp3) is 0. The van der Waals surface area contributed by atoms with Gasteiger partial charge in [0.05, 0.1) is 10.2 Å². The van der Waals surface area contributed by atoms with E-state index in [2.05, 4.69) is 0 Å². The highest BCUT2D eigenvalue weighted by Gasteiger charge is 2.06. The quantitative estimate of drug-likeness (QED) is 0.567. The zero-order chi connectivity index (χ0) is 9.90. The minimum absolute atomic E-state index is 0.0821. The van der Waals surface area contributed by atoms with E-state index in [9.17, 15) is 8.42 Å². The molecule has 0 spiro atoms. The molecule has 5 heteroatoms. The second-order valence-corrected chi connectivity index (χ2v) is 6.04. The van der Waals surface area contributed by atoms with E-state index in [1.165, 1.54) is 6.08 Å². The van der Waals surface area contributed by atoms with Crippen molar-refractivity contribution in [2.24, 2.45) is 0 Å². The normalized spacial score (nSPS) is 13.2. The Balaban J connectivity index is 3.04. The van der Waals surface area contributed by atoms with E-state index < -0.39 is 10.1 Å². The van der Waals surface area contributed by atoms with Crippen molar-refractivity contribution in [3.05, 3.63) is 40.4 Å². The summed E-state index contributed by atoms with van der Waals surface area (Å²) < 4.78 is 30.1. The zero-order valence-corrected chi connectivity index (χ0v) is 9.95. The lowest BCUT2D eigenvalue weighted by Crippen LogP contribution is -2.00. The molecule has 0 radical (unpaired) electrons. The van der Waals surface area contributed by atoms with Gasteiger partial charge >= 0.3 is 0 Å². The maximum Gasteiger partial charge on any atom is 0.285 e. The number of hydrogen-bond acceptors (Lipinski definition) is 2. The van der Waals surface area contributed by atoms with Crippen LogP contribution in [0.3, 0.4) is 0 Å². The van der Waals surface area contributed by atoms with E-state index in [0.29, 0.717) is 10.2 Å². The van der Waals surface area contributed by atoms with E-state index in [4.69, 9.17) is 4.55 Å². The fourth-order valence-electron chi connectivity index (χ4n) is 0.858. The van der Waals surface area contributed by atoms with Crippen molar-refractivity contribution in [1.82, 2.24) is 0 Å². The average molecular weight is 214 g/mol. The highest BCUT2D eigenvalue weighted by Crippen LogP contribution is 2.07. The van der Waals surface area contributed by atoms with E-state index in [1.807, 2.05) is 18.2 Å². The van der Waals surface area contributed by atoms with Gasteiger partial charge in [0.25, 0.3) is 10.1 Å². The first-order valence-electron chi connectivity index (χ1n) is 3.71. The van der Waals surface area contributed by atoms with Crippen LogP contribution in [0.1, 0.15) is 5.56 Å². The molecule has 0 heterocycles. The minimum Gasteiger partial charge on any atom is -0.282 e. The van der Waals surface area contributed by atoms with Crippen LogP contribution in [-0.4, -0.2) is 23.2 Å². The molecule has 0 unspecified atom stereocenters. The summed E-state index contributed by atoms with van der Waals surface area (Å²) in [5, 5.41) is 0. The van der Waals surface area contributed by atoms with Crippen molar-refractivity contribution in [1.29, 1.82) is 0 Å². The SMILES string of the molecule is O=S(=O)(O)C([SiH3])=Cc1ccccc1. The van der Waals surface area contributed by atoms with E-state index in [0.717, 1.165) is 5.56 Å². The van der Waals surface area contributed by atoms with Gasteiger partial charge in [-0.15, -0.1) is 0 Å². The van der Waals surface area contributed by atoms with Crippen LogP contribution in [-0.2, 0) is 10.1 Å². The Hall–Kier alpha value is -0.913. The van der Waals surface area contributed by atoms with Crippen LogP contribution >= 0.6 is 0 Å². The molecular weight excluding hydrogens is 204 g/mol. The molecular formula is C8H10O3SSi. The fourth-order valence-corrected chi connectivity index (χ4v) is 1.48. The van der Waals surface area contributed by atoms with E-state index in [-0.39, 0.29) is 4.53 Å². The average Bonchev–Trinajstić information content (AvgIpc) is 2.04. The van der Waals surface area contributed by atoms with Gasteiger partial charge in [0.2, 0.25) is 0 Å². The summed E-state index contributed by atoms with van der Waals surface area (Å²) in [6.45, 7) is 0. The third-order valence-corrected chi connectivity index (χ3v) is 4.34. The van der Waals surface area contributed by atoms with Gasteiger partial charge in [0.15, 0.2) is 0 Å². The second kappa shape index (κ2) is 3.86. The first kappa shape index (κ1) is 10.2. The zero-order valence-electron chi connectivity index (χ0n) is 7.14. The lowest BCUT2D eigenvalue weighted by atomic mass is 10.2. The Morgan fingerprint density at radius 1 is 1.31 bits per heavy atom. The molecule has 0 fully saturated rings. The van der Waals surface area contributed by atoms with Gasteiger partial charge in [0, 0.05) is 4.53 Å². The molecule has 0 atom stereocenters. The van der Waals surface area contributed by atoms with Gasteiger partial charge in [-0.3, -0.25) is 4.55 Å². The largest absolute Gasteiger partial charge is 0.285 e. The molecule has 0 saturated heterocycles. The molecule has 1 aromatic carbocycles. The molecule has 70 valence electrons. The van der Waals surface area contributed by atoms with Crippen LogP contribution in [0.15, 0.2) is 34.9 Å². The van der Waals surface area contributed by atoms with Gasteiger partial charge in [0.1, 0.15) is 0 Å². The van der Waals surface area contributed by atoms with Crippen LogP contribution in [0.2, 0.25) is 0 Å². The summed E-state index contributed by atoms with van der Waals surface area (Å²) in [6.07, 6.45) is 1.47. The summed E-state index contributed by atoms with van der Waals surface area (Å²) in [5.41, 5.74) is 0.783. The van der Waals surface area contributed by atoms with Crippen molar-refractivity contribution in [2.75, 3.05) is 0 Å². The first-order valence-corrected chi connectivity index (χ1v) is 6.15. The molecule has 0 aromatic heterocycles. The molecule has 0 aliphatic carbocycles. The predicted molar refractivity (Wildman–Crippen MR) is 55.9 cm³/mol. The molecule has 1 rings (SSSR count). The van der Waals surface area contributed by atoms with Gasteiger partial charge in [-0.05, 0) is 11.6 Å². The molecule has 13 heavy (non-hydrogen) atoms. The molecule has 0 aliphatic rings. The molecule has 1 N–H and O–H groups in total. The van der Waals surface area contributed by atoms with Crippen LogP contribution in [0.4, 0.5) is 0 Å². The van der Waals surface area contributed by atoms with Crippen LogP contribution in [0, 0.1) is 0 Å². The van der Waals surface area contributed by atoms with Crippen LogP contribution in [0.25, 0.3) is 6.08 Å². The Bertz CT molecular complexity index is 408. The topological polar surface area (TPSA) is 54.4 Å². The van der Waals surface area contributed by atoms with Gasteiger partial charge in [-0.25, -0.2) is 0 Å². The Morgan fingerprint density at radius 3 is 2.31 bits per heavy atom. The van der Waals surface area contributed by atoms with Crippen molar-refractivity contribution in [2.45, 2.75) is 0 Å². The summed E-state index contributed by atoms with van der Waals surface area (Å²) in [7, 11) is -3.67. The van der Waals surface area contributed by atoms with Crippen LogP contribution < -0.4 is 0 Å². The van der Waals surface area contributed by atoms with Crippen LogP contribution in [0.5, 0.6) is 0 Å². The third-order valence-electron chi connectivity index (χ3n) is 1.58. The molecule has 0 aliphatic heterocycles. The maximum absolute atomic E-state index is 10.7. The minimum atomic E-state index is -3.98. The van der Waals surface area contributed by atoms with Gasteiger partial charge < -0.3 is 0 Å². The predicted octanol–water partition coefficient (Wildman–Crippen LogP) is 0.238. The molecule has 0 amide bonds. The Labute approximate surface area is 80.3 Å². The lowest BCUT2D eigenvalue weighted by Gasteiger charge is -1.96. The third kappa shape index (κ3) is 3.14. The maximum atomic E-state index is 10.7. The molecule has 1 aromatic rings. The summed E-state index contributed by atoms with van der Waals surface area (Å²) in [6, 6.07) is 9.03. The van der Waals surface area contributed by atoms with Crippen molar-refractivity contribution in [3.63, 3.8) is 0 Å². The summed E-state index contributed by atoms with van der Waals surface area (Å²) in [5.74, 6) is 0. The monoisotopic (exact) mass is 214 g/mol. The Kier molecular flexibility index (Phi) is 3.02. The van der Waals surface area contributed by atoms with E-state index in [1.54, 1.807) is 12.1 Å². The first-order chi connectivity index (χ1) is 6.00. The van der Waals surface area contributed by atoms with Gasteiger partial charge in [-0.2, -0.15) is 8.42 Å².